The molecule has 1 aromatic carbocycles. The molecule has 2 rings (SSSR count). The number of anilines is 1. The third-order valence-corrected chi connectivity index (χ3v) is 5.12. The maximum Gasteiger partial charge on any atom is 0.153 e. The van der Waals surface area contributed by atoms with E-state index in [0.717, 1.165) is 18.7 Å². The van der Waals surface area contributed by atoms with Crippen LogP contribution in [0.2, 0.25) is 0 Å². The van der Waals surface area contributed by atoms with E-state index in [1.165, 1.54) is 6.07 Å². The molecule has 0 saturated carbocycles. The molecule has 1 aliphatic rings. The molecule has 0 radical (unpaired) electrons. The standard InChI is InChI=1S/C14H21FN2O2S/c1-2-6-16-11-12-13(15)4-3-5-14(12)17-7-9-20(18,19)10-8-17/h3-5,16H,2,6-11H2,1H3. The zero-order chi connectivity index (χ0) is 14.6. The Balaban J connectivity index is 2.16. The van der Waals surface area contributed by atoms with Gasteiger partial charge in [-0.15, -0.1) is 0 Å². The van der Waals surface area contributed by atoms with Crippen molar-refractivity contribution in [2.75, 3.05) is 36.0 Å². The summed E-state index contributed by atoms with van der Waals surface area (Å²) < 4.78 is 37.0. The maximum absolute atomic E-state index is 14.0. The van der Waals surface area contributed by atoms with E-state index in [1.54, 1.807) is 6.07 Å². The minimum atomic E-state index is -2.92. The average Bonchev–Trinajstić information content (AvgIpc) is 2.41. The van der Waals surface area contributed by atoms with Gasteiger partial charge in [0.2, 0.25) is 0 Å². The van der Waals surface area contributed by atoms with Crippen LogP contribution in [0.15, 0.2) is 18.2 Å². The first-order chi connectivity index (χ1) is 9.53. The minimum absolute atomic E-state index is 0.144. The van der Waals surface area contributed by atoms with Crippen molar-refractivity contribution in [3.05, 3.63) is 29.6 Å². The molecule has 112 valence electrons. The van der Waals surface area contributed by atoms with E-state index in [9.17, 15) is 12.8 Å². The smallest absolute Gasteiger partial charge is 0.153 e. The Morgan fingerprint density at radius 1 is 1.30 bits per heavy atom. The van der Waals surface area contributed by atoms with Gasteiger partial charge in [0.1, 0.15) is 5.82 Å². The van der Waals surface area contributed by atoms with Crippen molar-refractivity contribution in [1.29, 1.82) is 0 Å². The normalized spacial score (nSPS) is 18.2. The zero-order valence-electron chi connectivity index (χ0n) is 11.7. The summed E-state index contributed by atoms with van der Waals surface area (Å²) in [5.74, 6) is 0.0518. The Morgan fingerprint density at radius 3 is 2.65 bits per heavy atom. The number of hydrogen-bond acceptors (Lipinski definition) is 4. The maximum atomic E-state index is 14.0. The minimum Gasteiger partial charge on any atom is -0.369 e. The number of nitrogens with one attached hydrogen (secondary N) is 1. The lowest BCUT2D eigenvalue weighted by Gasteiger charge is -2.30. The van der Waals surface area contributed by atoms with Gasteiger partial charge in [0.25, 0.3) is 0 Å². The van der Waals surface area contributed by atoms with E-state index in [2.05, 4.69) is 12.2 Å². The second-order valence-electron chi connectivity index (χ2n) is 5.05. The van der Waals surface area contributed by atoms with Gasteiger partial charge in [-0.3, -0.25) is 0 Å². The third kappa shape index (κ3) is 3.70. The number of halogens is 1. The van der Waals surface area contributed by atoms with Crippen LogP contribution in [0.4, 0.5) is 10.1 Å². The molecule has 0 atom stereocenters. The number of hydrogen-bond donors (Lipinski definition) is 1. The highest BCUT2D eigenvalue weighted by atomic mass is 32.2. The molecular weight excluding hydrogens is 279 g/mol. The summed E-state index contributed by atoms with van der Waals surface area (Å²) in [7, 11) is -2.92. The molecule has 0 amide bonds. The summed E-state index contributed by atoms with van der Waals surface area (Å²) in [6.45, 7) is 4.24. The van der Waals surface area contributed by atoms with Crippen LogP contribution < -0.4 is 10.2 Å². The van der Waals surface area contributed by atoms with Gasteiger partial charge in [-0.25, -0.2) is 12.8 Å². The molecule has 1 N–H and O–H groups in total. The number of sulfone groups is 1. The summed E-state index contributed by atoms with van der Waals surface area (Å²) in [5, 5.41) is 3.20. The quantitative estimate of drug-likeness (QED) is 0.839. The van der Waals surface area contributed by atoms with Crippen LogP contribution in [0.25, 0.3) is 0 Å². The van der Waals surface area contributed by atoms with Gasteiger partial charge >= 0.3 is 0 Å². The number of rotatable bonds is 5. The van der Waals surface area contributed by atoms with Crippen LogP contribution in [-0.4, -0.2) is 39.6 Å². The first-order valence-electron chi connectivity index (χ1n) is 6.97. The van der Waals surface area contributed by atoms with Gasteiger partial charge in [0.05, 0.1) is 11.5 Å². The van der Waals surface area contributed by atoms with E-state index in [0.29, 0.717) is 25.2 Å². The van der Waals surface area contributed by atoms with Crippen LogP contribution >= 0.6 is 0 Å². The first kappa shape index (κ1) is 15.3. The lowest BCUT2D eigenvalue weighted by molar-refractivity contribution is 0.579. The van der Waals surface area contributed by atoms with Crippen LogP contribution in [0.1, 0.15) is 18.9 Å². The first-order valence-corrected chi connectivity index (χ1v) is 8.79. The third-order valence-electron chi connectivity index (χ3n) is 3.51. The molecule has 1 fully saturated rings. The molecule has 0 aliphatic carbocycles. The van der Waals surface area contributed by atoms with Crippen LogP contribution in [0.5, 0.6) is 0 Å². The van der Waals surface area contributed by atoms with Crippen molar-refractivity contribution in [2.45, 2.75) is 19.9 Å². The summed E-state index contributed by atoms with van der Waals surface area (Å²) >= 11 is 0. The van der Waals surface area contributed by atoms with E-state index in [-0.39, 0.29) is 17.3 Å². The summed E-state index contributed by atoms with van der Waals surface area (Å²) in [6.07, 6.45) is 0.992. The highest BCUT2D eigenvalue weighted by Gasteiger charge is 2.23. The van der Waals surface area contributed by atoms with Crippen molar-refractivity contribution in [3.63, 3.8) is 0 Å². The molecule has 0 unspecified atom stereocenters. The zero-order valence-corrected chi connectivity index (χ0v) is 12.5. The van der Waals surface area contributed by atoms with Crippen molar-refractivity contribution in [1.82, 2.24) is 5.32 Å². The van der Waals surface area contributed by atoms with E-state index >= 15 is 0 Å². The van der Waals surface area contributed by atoms with Crippen molar-refractivity contribution < 1.29 is 12.8 Å². The predicted molar refractivity (Wildman–Crippen MR) is 79.3 cm³/mol. The molecule has 4 nitrogen and oxygen atoms in total. The molecule has 20 heavy (non-hydrogen) atoms. The summed E-state index contributed by atoms with van der Waals surface area (Å²) in [5.41, 5.74) is 1.43. The van der Waals surface area contributed by atoms with E-state index in [1.807, 2.05) is 11.0 Å². The van der Waals surface area contributed by atoms with Gasteiger partial charge in [0.15, 0.2) is 9.84 Å². The SMILES string of the molecule is CCCNCc1c(F)cccc1N1CCS(=O)(=O)CC1. The molecule has 0 aromatic heterocycles. The van der Waals surface area contributed by atoms with Crippen molar-refractivity contribution >= 4 is 15.5 Å². The van der Waals surface area contributed by atoms with Gasteiger partial charge in [0, 0.05) is 30.9 Å². The fraction of sp³-hybridized carbons (Fsp3) is 0.571. The molecule has 1 saturated heterocycles. The van der Waals surface area contributed by atoms with E-state index in [4.69, 9.17) is 0 Å². The molecule has 1 aliphatic heterocycles. The Bertz CT molecular complexity index is 546. The monoisotopic (exact) mass is 300 g/mol. The van der Waals surface area contributed by atoms with Gasteiger partial charge in [-0.1, -0.05) is 13.0 Å². The Kier molecular flexibility index (Phi) is 4.99. The predicted octanol–water partition coefficient (Wildman–Crippen LogP) is 1.56. The molecular formula is C14H21FN2O2S. The number of benzene rings is 1. The molecule has 1 heterocycles. The topological polar surface area (TPSA) is 49.4 Å². The Hall–Kier alpha value is -1.14. The number of nitrogens with zero attached hydrogens (tertiary/aromatic N) is 1. The highest BCUT2D eigenvalue weighted by molar-refractivity contribution is 7.91. The second kappa shape index (κ2) is 6.54. The molecule has 6 heteroatoms. The van der Waals surface area contributed by atoms with Crippen molar-refractivity contribution in [3.8, 4) is 0 Å². The van der Waals surface area contributed by atoms with Crippen LogP contribution in [0, 0.1) is 5.82 Å². The van der Waals surface area contributed by atoms with Crippen LogP contribution in [-0.2, 0) is 16.4 Å². The molecule has 1 aromatic rings. The van der Waals surface area contributed by atoms with E-state index < -0.39 is 9.84 Å². The Morgan fingerprint density at radius 2 is 2.00 bits per heavy atom. The van der Waals surface area contributed by atoms with Gasteiger partial charge < -0.3 is 10.2 Å². The molecule has 0 spiro atoms. The van der Waals surface area contributed by atoms with Crippen molar-refractivity contribution in [2.24, 2.45) is 0 Å². The van der Waals surface area contributed by atoms with Gasteiger partial charge in [-0.05, 0) is 25.1 Å². The molecule has 0 bridgehead atoms. The fourth-order valence-electron chi connectivity index (χ4n) is 2.36. The summed E-state index contributed by atoms with van der Waals surface area (Å²) in [4.78, 5) is 1.97. The highest BCUT2D eigenvalue weighted by Crippen LogP contribution is 2.24. The lowest BCUT2D eigenvalue weighted by atomic mass is 10.1. The lowest BCUT2D eigenvalue weighted by Crippen LogP contribution is -2.41. The Labute approximate surface area is 119 Å². The average molecular weight is 300 g/mol. The second-order valence-corrected chi connectivity index (χ2v) is 7.36. The van der Waals surface area contributed by atoms with Crippen LogP contribution in [0.3, 0.4) is 0 Å². The fourth-order valence-corrected chi connectivity index (χ4v) is 3.56. The summed E-state index contributed by atoms with van der Waals surface area (Å²) in [6, 6.07) is 4.99. The largest absolute Gasteiger partial charge is 0.369 e. The van der Waals surface area contributed by atoms with Gasteiger partial charge in [-0.2, -0.15) is 0 Å².